The first-order valence-corrected chi connectivity index (χ1v) is 9.28. The van der Waals surface area contributed by atoms with Crippen LogP contribution in [0.3, 0.4) is 0 Å². The Kier molecular flexibility index (Phi) is 6.46. The maximum absolute atomic E-state index is 13.8. The highest BCUT2D eigenvalue weighted by Gasteiger charge is 2.20. The van der Waals surface area contributed by atoms with Gasteiger partial charge in [0.25, 0.3) is 5.56 Å². The van der Waals surface area contributed by atoms with Crippen LogP contribution in [0.4, 0.5) is 4.39 Å². The molecule has 1 aromatic heterocycles. The molecule has 0 spiro atoms. The van der Waals surface area contributed by atoms with Gasteiger partial charge in [0.05, 0.1) is 14.2 Å². The molecule has 1 atom stereocenters. The highest BCUT2D eigenvalue weighted by atomic mass is 19.1. The Balaban J connectivity index is 1.87. The number of carbonyl (C=O) groups is 1. The SMILES string of the molecule is COc1ccc(-c2nn(C(C)C(=O)NCc3ccccc3F)c(=O)cc2OC)cc1. The molecule has 7 nitrogen and oxygen atoms in total. The van der Waals surface area contributed by atoms with Crippen molar-refractivity contribution in [2.45, 2.75) is 19.5 Å². The number of hydrogen-bond acceptors (Lipinski definition) is 5. The van der Waals surface area contributed by atoms with Gasteiger partial charge in [-0.2, -0.15) is 5.10 Å². The highest BCUT2D eigenvalue weighted by molar-refractivity contribution is 5.79. The smallest absolute Gasteiger partial charge is 0.271 e. The van der Waals surface area contributed by atoms with E-state index in [1.165, 1.54) is 19.2 Å². The van der Waals surface area contributed by atoms with Crippen molar-refractivity contribution in [1.29, 1.82) is 0 Å². The molecule has 0 radical (unpaired) electrons. The number of nitrogens with one attached hydrogen (secondary N) is 1. The average Bonchev–Trinajstić information content (AvgIpc) is 2.77. The van der Waals surface area contributed by atoms with E-state index < -0.39 is 23.3 Å². The van der Waals surface area contributed by atoms with Crippen LogP contribution in [0.25, 0.3) is 11.3 Å². The van der Waals surface area contributed by atoms with E-state index in [-0.39, 0.29) is 6.54 Å². The highest BCUT2D eigenvalue weighted by Crippen LogP contribution is 2.28. The van der Waals surface area contributed by atoms with Crippen molar-refractivity contribution in [1.82, 2.24) is 15.1 Å². The van der Waals surface area contributed by atoms with Crippen LogP contribution >= 0.6 is 0 Å². The number of benzene rings is 2. The van der Waals surface area contributed by atoms with Crippen molar-refractivity contribution in [2.75, 3.05) is 14.2 Å². The van der Waals surface area contributed by atoms with Crippen molar-refractivity contribution >= 4 is 5.91 Å². The number of aromatic nitrogens is 2. The van der Waals surface area contributed by atoms with Gasteiger partial charge in [-0.15, -0.1) is 0 Å². The van der Waals surface area contributed by atoms with Crippen LogP contribution in [0, 0.1) is 5.82 Å². The minimum atomic E-state index is -0.910. The third-order valence-corrected chi connectivity index (χ3v) is 4.66. The van der Waals surface area contributed by atoms with Crippen LogP contribution in [0.15, 0.2) is 59.4 Å². The third-order valence-electron chi connectivity index (χ3n) is 4.66. The first-order chi connectivity index (χ1) is 14.4. The van der Waals surface area contributed by atoms with E-state index in [0.717, 1.165) is 4.68 Å². The molecule has 0 fully saturated rings. The molecule has 0 saturated heterocycles. The molecule has 1 amide bonds. The van der Waals surface area contributed by atoms with Gasteiger partial charge in [-0.25, -0.2) is 9.07 Å². The van der Waals surface area contributed by atoms with Crippen molar-refractivity contribution in [3.8, 4) is 22.8 Å². The van der Waals surface area contributed by atoms with E-state index in [4.69, 9.17) is 9.47 Å². The van der Waals surface area contributed by atoms with Gasteiger partial charge < -0.3 is 14.8 Å². The number of hydrogen-bond donors (Lipinski definition) is 1. The van der Waals surface area contributed by atoms with Crippen LogP contribution in [-0.4, -0.2) is 29.9 Å². The quantitative estimate of drug-likeness (QED) is 0.646. The van der Waals surface area contributed by atoms with Crippen LogP contribution in [0.2, 0.25) is 0 Å². The summed E-state index contributed by atoms with van der Waals surface area (Å²) in [7, 11) is 3.01. The van der Waals surface area contributed by atoms with E-state index in [0.29, 0.717) is 28.3 Å². The van der Waals surface area contributed by atoms with Crippen LogP contribution in [0.1, 0.15) is 18.5 Å². The summed E-state index contributed by atoms with van der Waals surface area (Å²) in [6.07, 6.45) is 0. The standard InChI is InChI=1S/C22H22FN3O4/c1-14(22(28)24-13-16-6-4-5-7-18(16)23)26-20(27)12-19(30-3)21(25-26)15-8-10-17(29-2)11-9-15/h4-12,14H,13H2,1-3H3,(H,24,28). The number of methoxy groups -OCH3 is 2. The van der Waals surface area contributed by atoms with Gasteiger partial charge >= 0.3 is 0 Å². The molecule has 1 N–H and O–H groups in total. The second-order valence-electron chi connectivity index (χ2n) is 6.56. The summed E-state index contributed by atoms with van der Waals surface area (Å²) >= 11 is 0. The Labute approximate surface area is 173 Å². The zero-order chi connectivity index (χ0) is 21.7. The molecule has 0 bridgehead atoms. The number of nitrogens with zero attached hydrogens (tertiary/aromatic N) is 2. The van der Waals surface area contributed by atoms with Crippen molar-refractivity contribution < 1.29 is 18.7 Å². The molecule has 0 aliphatic heterocycles. The second-order valence-corrected chi connectivity index (χ2v) is 6.56. The predicted molar refractivity (Wildman–Crippen MR) is 110 cm³/mol. The molecule has 156 valence electrons. The lowest BCUT2D eigenvalue weighted by Crippen LogP contribution is -2.37. The number of rotatable bonds is 7. The minimum absolute atomic E-state index is 0.00604. The van der Waals surface area contributed by atoms with E-state index in [9.17, 15) is 14.0 Å². The molecular formula is C22H22FN3O4. The molecule has 1 heterocycles. The molecule has 3 aromatic rings. The normalized spacial score (nSPS) is 11.6. The molecule has 0 aliphatic carbocycles. The summed E-state index contributed by atoms with van der Waals surface area (Å²) < 4.78 is 25.3. The number of carbonyl (C=O) groups excluding carboxylic acids is 1. The summed E-state index contributed by atoms with van der Waals surface area (Å²) in [6, 6.07) is 13.6. The Hall–Kier alpha value is -3.68. The number of halogens is 1. The zero-order valence-electron chi connectivity index (χ0n) is 16.9. The molecule has 8 heteroatoms. The predicted octanol–water partition coefficient (Wildman–Crippen LogP) is 2.94. The second kappa shape index (κ2) is 9.21. The lowest BCUT2D eigenvalue weighted by molar-refractivity contribution is -0.124. The Bertz CT molecular complexity index is 1100. The first-order valence-electron chi connectivity index (χ1n) is 9.28. The van der Waals surface area contributed by atoms with E-state index in [1.54, 1.807) is 56.5 Å². The van der Waals surface area contributed by atoms with Gasteiger partial charge in [0.2, 0.25) is 5.91 Å². The van der Waals surface area contributed by atoms with Crippen LogP contribution in [0.5, 0.6) is 11.5 Å². The Morgan fingerprint density at radius 3 is 2.47 bits per heavy atom. The molecule has 0 aliphatic rings. The Morgan fingerprint density at radius 2 is 1.83 bits per heavy atom. The van der Waals surface area contributed by atoms with E-state index in [2.05, 4.69) is 10.4 Å². The van der Waals surface area contributed by atoms with E-state index in [1.807, 2.05) is 0 Å². The lowest BCUT2D eigenvalue weighted by Gasteiger charge is -2.17. The van der Waals surface area contributed by atoms with Gasteiger partial charge in [0.1, 0.15) is 23.3 Å². The molecule has 3 rings (SSSR count). The van der Waals surface area contributed by atoms with Crippen molar-refractivity contribution in [3.63, 3.8) is 0 Å². The van der Waals surface area contributed by atoms with Gasteiger partial charge in [0, 0.05) is 23.7 Å². The maximum Gasteiger partial charge on any atom is 0.271 e. The van der Waals surface area contributed by atoms with Crippen LogP contribution < -0.4 is 20.3 Å². The number of ether oxygens (including phenoxy) is 2. The van der Waals surface area contributed by atoms with E-state index >= 15 is 0 Å². The maximum atomic E-state index is 13.8. The van der Waals surface area contributed by atoms with Gasteiger partial charge in [-0.05, 0) is 37.3 Å². The Morgan fingerprint density at radius 1 is 1.13 bits per heavy atom. The van der Waals surface area contributed by atoms with Gasteiger partial charge in [-0.1, -0.05) is 18.2 Å². The molecular weight excluding hydrogens is 389 g/mol. The summed E-state index contributed by atoms with van der Waals surface area (Å²) in [6.45, 7) is 1.56. The topological polar surface area (TPSA) is 82.5 Å². The third kappa shape index (κ3) is 4.48. The number of amides is 1. The minimum Gasteiger partial charge on any atom is -0.497 e. The molecule has 0 saturated carbocycles. The molecule has 1 unspecified atom stereocenters. The zero-order valence-corrected chi connectivity index (χ0v) is 16.9. The average molecular weight is 411 g/mol. The molecule has 2 aromatic carbocycles. The lowest BCUT2D eigenvalue weighted by atomic mass is 10.1. The fourth-order valence-electron chi connectivity index (χ4n) is 2.92. The summed E-state index contributed by atoms with van der Waals surface area (Å²) in [5.74, 6) is 0.0954. The summed E-state index contributed by atoms with van der Waals surface area (Å²) in [4.78, 5) is 25.1. The van der Waals surface area contributed by atoms with Gasteiger partial charge in [-0.3, -0.25) is 9.59 Å². The fraction of sp³-hybridized carbons (Fsp3) is 0.227. The summed E-state index contributed by atoms with van der Waals surface area (Å²) in [5, 5.41) is 7.01. The molecule has 30 heavy (non-hydrogen) atoms. The van der Waals surface area contributed by atoms with Crippen LogP contribution in [-0.2, 0) is 11.3 Å². The largest absolute Gasteiger partial charge is 0.497 e. The fourth-order valence-corrected chi connectivity index (χ4v) is 2.92. The van der Waals surface area contributed by atoms with Crippen molar-refractivity contribution in [2.24, 2.45) is 0 Å². The first kappa shape index (κ1) is 21.0. The monoisotopic (exact) mass is 411 g/mol. The van der Waals surface area contributed by atoms with Gasteiger partial charge in [0.15, 0.2) is 5.75 Å². The van der Waals surface area contributed by atoms with Crippen molar-refractivity contribution in [3.05, 3.63) is 76.3 Å². The summed E-state index contributed by atoms with van der Waals surface area (Å²) in [5.41, 5.74) is 0.971.